The van der Waals surface area contributed by atoms with E-state index in [1.54, 1.807) is 0 Å². The molecule has 0 aliphatic carbocycles. The summed E-state index contributed by atoms with van der Waals surface area (Å²) in [6.07, 6.45) is 10.7. The third kappa shape index (κ3) is 7.52. The van der Waals surface area contributed by atoms with Gasteiger partial charge in [0.05, 0.1) is 12.5 Å². The molecule has 19 heavy (non-hydrogen) atoms. The first-order valence-corrected chi connectivity index (χ1v) is 9.31. The molecule has 0 aromatic heterocycles. The SMILES string of the molecule is CCCCCCN1CSC(=S)N(CCCCCC)C1. The van der Waals surface area contributed by atoms with Crippen LogP contribution in [-0.2, 0) is 0 Å². The second kappa shape index (κ2) is 10.9. The van der Waals surface area contributed by atoms with Gasteiger partial charge < -0.3 is 4.90 Å². The summed E-state index contributed by atoms with van der Waals surface area (Å²) in [5.41, 5.74) is 0. The molecule has 0 bridgehead atoms. The van der Waals surface area contributed by atoms with Crippen molar-refractivity contribution in [2.24, 2.45) is 0 Å². The monoisotopic (exact) mass is 302 g/mol. The molecule has 0 saturated carbocycles. The van der Waals surface area contributed by atoms with E-state index < -0.39 is 0 Å². The Bertz CT molecular complexity index is 246. The molecule has 2 nitrogen and oxygen atoms in total. The molecule has 0 radical (unpaired) electrons. The van der Waals surface area contributed by atoms with Crippen molar-refractivity contribution in [2.75, 3.05) is 25.6 Å². The predicted octanol–water partition coefficient (Wildman–Crippen LogP) is 4.70. The van der Waals surface area contributed by atoms with E-state index in [0.29, 0.717) is 0 Å². The van der Waals surface area contributed by atoms with Crippen LogP contribution in [0.25, 0.3) is 0 Å². The van der Waals surface area contributed by atoms with Crippen molar-refractivity contribution in [3.63, 3.8) is 0 Å². The van der Waals surface area contributed by atoms with Crippen LogP contribution in [0.5, 0.6) is 0 Å². The minimum atomic E-state index is 1.06. The number of nitrogens with zero attached hydrogens (tertiary/aromatic N) is 2. The van der Waals surface area contributed by atoms with Gasteiger partial charge in [-0.3, -0.25) is 4.90 Å². The number of thiocarbonyl (C=S) groups is 1. The van der Waals surface area contributed by atoms with Gasteiger partial charge in [-0.2, -0.15) is 0 Å². The van der Waals surface area contributed by atoms with E-state index in [1.807, 2.05) is 11.8 Å². The molecule has 0 amide bonds. The van der Waals surface area contributed by atoms with Crippen LogP contribution in [0.1, 0.15) is 65.2 Å². The Morgan fingerprint density at radius 1 is 0.947 bits per heavy atom. The molecule has 0 atom stereocenters. The molecular weight excluding hydrogens is 272 g/mol. The fourth-order valence-corrected chi connectivity index (χ4v) is 3.51. The summed E-state index contributed by atoms with van der Waals surface area (Å²) in [6.45, 7) is 7.98. The first-order chi connectivity index (χ1) is 9.27. The van der Waals surface area contributed by atoms with E-state index >= 15 is 0 Å². The Morgan fingerprint density at radius 3 is 2.21 bits per heavy atom. The number of thioether (sulfide) groups is 1. The van der Waals surface area contributed by atoms with Crippen LogP contribution in [0.4, 0.5) is 0 Å². The summed E-state index contributed by atoms with van der Waals surface area (Å²) in [7, 11) is 0. The highest BCUT2D eigenvalue weighted by Gasteiger charge is 2.20. The van der Waals surface area contributed by atoms with Gasteiger partial charge in [0.15, 0.2) is 0 Å². The molecule has 1 aliphatic heterocycles. The summed E-state index contributed by atoms with van der Waals surface area (Å²) in [4.78, 5) is 4.95. The van der Waals surface area contributed by atoms with Crippen molar-refractivity contribution in [1.82, 2.24) is 9.80 Å². The molecule has 1 rings (SSSR count). The molecule has 4 heteroatoms. The number of hydrogen-bond donors (Lipinski definition) is 0. The second-order valence-electron chi connectivity index (χ2n) is 5.46. The highest BCUT2D eigenvalue weighted by Crippen LogP contribution is 2.20. The molecule has 0 aromatic rings. The van der Waals surface area contributed by atoms with E-state index in [9.17, 15) is 0 Å². The van der Waals surface area contributed by atoms with Gasteiger partial charge in [-0.05, 0) is 12.8 Å². The van der Waals surface area contributed by atoms with E-state index in [1.165, 1.54) is 57.9 Å². The molecule has 0 unspecified atom stereocenters. The van der Waals surface area contributed by atoms with E-state index in [-0.39, 0.29) is 0 Å². The summed E-state index contributed by atoms with van der Waals surface area (Å²) in [5, 5.41) is 0. The summed E-state index contributed by atoms with van der Waals surface area (Å²) in [5.74, 6) is 1.09. The number of hydrogen-bond acceptors (Lipinski definition) is 3. The molecule has 1 saturated heterocycles. The maximum Gasteiger partial charge on any atom is 0.138 e. The zero-order valence-electron chi connectivity index (χ0n) is 12.7. The average molecular weight is 303 g/mol. The highest BCUT2D eigenvalue weighted by molar-refractivity contribution is 8.22. The van der Waals surface area contributed by atoms with Gasteiger partial charge in [-0.1, -0.05) is 76.4 Å². The lowest BCUT2D eigenvalue weighted by Crippen LogP contribution is -2.45. The van der Waals surface area contributed by atoms with Crippen molar-refractivity contribution in [1.29, 1.82) is 0 Å². The van der Waals surface area contributed by atoms with E-state index in [2.05, 4.69) is 23.6 Å². The quantitative estimate of drug-likeness (QED) is 0.426. The van der Waals surface area contributed by atoms with Crippen molar-refractivity contribution in [3.05, 3.63) is 0 Å². The predicted molar refractivity (Wildman–Crippen MR) is 91.6 cm³/mol. The smallest absolute Gasteiger partial charge is 0.138 e. The van der Waals surface area contributed by atoms with E-state index in [0.717, 1.165) is 23.4 Å². The Balaban J connectivity index is 2.18. The first-order valence-electron chi connectivity index (χ1n) is 7.92. The van der Waals surface area contributed by atoms with Crippen LogP contribution in [0.2, 0.25) is 0 Å². The van der Waals surface area contributed by atoms with Gasteiger partial charge >= 0.3 is 0 Å². The highest BCUT2D eigenvalue weighted by atomic mass is 32.2. The van der Waals surface area contributed by atoms with Crippen LogP contribution in [0.3, 0.4) is 0 Å². The zero-order valence-corrected chi connectivity index (χ0v) is 14.3. The van der Waals surface area contributed by atoms with Crippen LogP contribution in [0, 0.1) is 0 Å². The Labute approximate surface area is 129 Å². The minimum absolute atomic E-state index is 1.06. The van der Waals surface area contributed by atoms with Crippen molar-refractivity contribution < 1.29 is 0 Å². The maximum atomic E-state index is 5.47. The lowest BCUT2D eigenvalue weighted by atomic mass is 10.2. The van der Waals surface area contributed by atoms with Gasteiger partial charge in [0.25, 0.3) is 0 Å². The van der Waals surface area contributed by atoms with Crippen LogP contribution >= 0.6 is 24.0 Å². The third-order valence-electron chi connectivity index (χ3n) is 3.61. The second-order valence-corrected chi connectivity index (χ2v) is 7.04. The molecule has 112 valence electrons. The summed E-state index contributed by atoms with van der Waals surface area (Å²) >= 11 is 7.32. The third-order valence-corrected chi connectivity index (χ3v) is 5.22. The van der Waals surface area contributed by atoms with Crippen LogP contribution < -0.4 is 0 Å². The fourth-order valence-electron chi connectivity index (χ4n) is 2.37. The van der Waals surface area contributed by atoms with Gasteiger partial charge in [0, 0.05) is 13.1 Å². The van der Waals surface area contributed by atoms with Crippen LogP contribution in [0.15, 0.2) is 0 Å². The molecule has 1 fully saturated rings. The van der Waals surface area contributed by atoms with Crippen LogP contribution in [-0.4, -0.2) is 39.8 Å². The van der Waals surface area contributed by atoms with Gasteiger partial charge in [0.2, 0.25) is 0 Å². The standard InChI is InChI=1S/C15H30N2S2/c1-3-5-7-9-11-16-13-17(15(18)19-14-16)12-10-8-6-4-2/h3-14H2,1-2H3. The Hall–Kier alpha value is 0.200. The Kier molecular flexibility index (Phi) is 9.92. The van der Waals surface area contributed by atoms with Gasteiger partial charge in [-0.25, -0.2) is 0 Å². The number of unbranched alkanes of at least 4 members (excludes halogenated alkanes) is 6. The lowest BCUT2D eigenvalue weighted by Gasteiger charge is -2.36. The minimum Gasteiger partial charge on any atom is -0.344 e. The number of rotatable bonds is 10. The van der Waals surface area contributed by atoms with Gasteiger partial charge in [-0.15, -0.1) is 0 Å². The fraction of sp³-hybridized carbons (Fsp3) is 0.933. The lowest BCUT2D eigenvalue weighted by molar-refractivity contribution is 0.206. The topological polar surface area (TPSA) is 6.48 Å². The molecule has 1 aliphatic rings. The molecule has 0 spiro atoms. The molecule has 0 N–H and O–H groups in total. The molecule has 0 aromatic carbocycles. The van der Waals surface area contributed by atoms with Crippen molar-refractivity contribution in [3.8, 4) is 0 Å². The average Bonchev–Trinajstić information content (AvgIpc) is 2.42. The summed E-state index contributed by atoms with van der Waals surface area (Å²) in [6, 6.07) is 0. The molecule has 1 heterocycles. The van der Waals surface area contributed by atoms with Gasteiger partial charge in [0.1, 0.15) is 4.32 Å². The largest absolute Gasteiger partial charge is 0.344 e. The Morgan fingerprint density at radius 2 is 1.58 bits per heavy atom. The van der Waals surface area contributed by atoms with Crippen molar-refractivity contribution in [2.45, 2.75) is 65.2 Å². The first kappa shape index (κ1) is 17.3. The normalized spacial score (nSPS) is 17.2. The summed E-state index contributed by atoms with van der Waals surface area (Å²) < 4.78 is 1.11. The zero-order chi connectivity index (χ0) is 13.9. The maximum absolute atomic E-state index is 5.47. The molecular formula is C15H30N2S2. The van der Waals surface area contributed by atoms with E-state index in [4.69, 9.17) is 12.2 Å². The van der Waals surface area contributed by atoms with Crippen molar-refractivity contribution >= 4 is 28.3 Å².